The van der Waals surface area contributed by atoms with Gasteiger partial charge in [0.25, 0.3) is 0 Å². The molecule has 3 atom stereocenters. The molecule has 0 bridgehead atoms. The monoisotopic (exact) mass is 279 g/mol. The Kier molecular flexibility index (Phi) is 5.03. The zero-order valence-corrected chi connectivity index (χ0v) is 12.7. The van der Waals surface area contributed by atoms with E-state index in [2.05, 4.69) is 19.2 Å². The van der Waals surface area contributed by atoms with Crippen LogP contribution in [0.4, 0.5) is 4.39 Å². The average molecular weight is 279 g/mol. The van der Waals surface area contributed by atoms with Crippen molar-refractivity contribution in [1.29, 1.82) is 0 Å². The van der Waals surface area contributed by atoms with Gasteiger partial charge in [-0.15, -0.1) is 0 Å². The normalized spacial score (nSPS) is 24.9. The smallest absolute Gasteiger partial charge is 0.123 e. The summed E-state index contributed by atoms with van der Waals surface area (Å²) in [6, 6.07) is 4.59. The lowest BCUT2D eigenvalue weighted by molar-refractivity contribution is 0.194. The third kappa shape index (κ3) is 3.51. The number of benzene rings is 1. The number of rotatable bonds is 4. The first kappa shape index (κ1) is 15.3. The number of phenolic OH excluding ortho intramolecular Hbond substituents is 1. The summed E-state index contributed by atoms with van der Waals surface area (Å²) in [5, 5.41) is 13.5. The van der Waals surface area contributed by atoms with Crippen LogP contribution in [0.1, 0.15) is 58.1 Å². The van der Waals surface area contributed by atoms with Crippen molar-refractivity contribution in [3.8, 4) is 5.75 Å². The molecule has 20 heavy (non-hydrogen) atoms. The van der Waals surface area contributed by atoms with Crippen molar-refractivity contribution < 1.29 is 9.50 Å². The lowest BCUT2D eigenvalue weighted by Gasteiger charge is -2.37. The van der Waals surface area contributed by atoms with E-state index < -0.39 is 0 Å². The summed E-state index contributed by atoms with van der Waals surface area (Å²) in [5.74, 6) is 1.20. The van der Waals surface area contributed by atoms with Crippen molar-refractivity contribution in [3.63, 3.8) is 0 Å². The average Bonchev–Trinajstić information content (AvgIpc) is 2.41. The van der Waals surface area contributed by atoms with Crippen molar-refractivity contribution in [2.45, 2.75) is 58.5 Å². The third-order valence-corrected chi connectivity index (χ3v) is 4.60. The number of halogens is 1. The van der Waals surface area contributed by atoms with E-state index in [-0.39, 0.29) is 17.6 Å². The maximum Gasteiger partial charge on any atom is 0.123 e. The van der Waals surface area contributed by atoms with Gasteiger partial charge in [-0.2, -0.15) is 0 Å². The van der Waals surface area contributed by atoms with Crippen LogP contribution in [0.25, 0.3) is 0 Å². The Hall–Kier alpha value is -1.09. The van der Waals surface area contributed by atoms with Crippen LogP contribution >= 0.6 is 0 Å². The molecule has 1 aliphatic carbocycles. The molecule has 1 saturated carbocycles. The molecule has 2 rings (SSSR count). The first-order valence-electron chi connectivity index (χ1n) is 7.73. The van der Waals surface area contributed by atoms with E-state index in [9.17, 15) is 9.50 Å². The number of nitrogens with one attached hydrogen (secondary N) is 1. The quantitative estimate of drug-likeness (QED) is 0.856. The Bertz CT molecular complexity index is 447. The number of hydrogen-bond acceptors (Lipinski definition) is 2. The Labute approximate surface area is 121 Å². The van der Waals surface area contributed by atoms with E-state index in [4.69, 9.17) is 0 Å². The molecule has 0 aromatic heterocycles. The Morgan fingerprint density at radius 2 is 1.90 bits per heavy atom. The predicted molar refractivity (Wildman–Crippen MR) is 80.2 cm³/mol. The fourth-order valence-electron chi connectivity index (χ4n) is 3.45. The van der Waals surface area contributed by atoms with Gasteiger partial charge < -0.3 is 10.4 Å². The number of phenols is 1. The van der Waals surface area contributed by atoms with Crippen molar-refractivity contribution in [3.05, 3.63) is 29.6 Å². The molecule has 1 fully saturated rings. The van der Waals surface area contributed by atoms with Crippen molar-refractivity contribution in [2.24, 2.45) is 11.8 Å². The van der Waals surface area contributed by atoms with Crippen LogP contribution in [-0.4, -0.2) is 11.1 Å². The van der Waals surface area contributed by atoms with Gasteiger partial charge in [-0.3, -0.25) is 0 Å². The van der Waals surface area contributed by atoms with Gasteiger partial charge in [0, 0.05) is 17.6 Å². The predicted octanol–water partition coefficient (Wildman–Crippen LogP) is 4.40. The van der Waals surface area contributed by atoms with Gasteiger partial charge in [0.05, 0.1) is 0 Å². The van der Waals surface area contributed by atoms with Gasteiger partial charge in [-0.1, -0.05) is 26.7 Å². The molecule has 0 saturated heterocycles. The maximum atomic E-state index is 13.4. The van der Waals surface area contributed by atoms with Crippen molar-refractivity contribution in [1.82, 2.24) is 5.32 Å². The molecule has 0 heterocycles. The molecular formula is C17H26FNO. The molecule has 2 N–H and O–H groups in total. The highest BCUT2D eigenvalue weighted by atomic mass is 19.1. The second kappa shape index (κ2) is 6.57. The summed E-state index contributed by atoms with van der Waals surface area (Å²) in [6.07, 6.45) is 4.99. The lowest BCUT2D eigenvalue weighted by Crippen LogP contribution is -2.42. The molecule has 1 aromatic rings. The molecule has 112 valence electrons. The first-order valence-corrected chi connectivity index (χ1v) is 7.73. The molecule has 0 radical (unpaired) electrons. The first-order chi connectivity index (χ1) is 9.49. The Morgan fingerprint density at radius 3 is 2.60 bits per heavy atom. The minimum absolute atomic E-state index is 0.0324. The largest absolute Gasteiger partial charge is 0.508 e. The summed E-state index contributed by atoms with van der Waals surface area (Å²) < 4.78 is 13.4. The summed E-state index contributed by atoms with van der Waals surface area (Å²) in [6.45, 7) is 6.55. The number of hydrogen-bond donors (Lipinski definition) is 2. The van der Waals surface area contributed by atoms with Crippen LogP contribution in [0.2, 0.25) is 0 Å². The van der Waals surface area contributed by atoms with E-state index in [1.807, 2.05) is 6.92 Å². The van der Waals surface area contributed by atoms with E-state index >= 15 is 0 Å². The second-order valence-electron chi connectivity index (χ2n) is 6.39. The van der Waals surface area contributed by atoms with Crippen molar-refractivity contribution >= 4 is 0 Å². The van der Waals surface area contributed by atoms with E-state index in [0.29, 0.717) is 23.4 Å². The molecule has 1 aromatic carbocycles. The summed E-state index contributed by atoms with van der Waals surface area (Å²) >= 11 is 0. The summed E-state index contributed by atoms with van der Waals surface area (Å²) in [7, 11) is 0. The van der Waals surface area contributed by atoms with Crippen LogP contribution in [0.5, 0.6) is 5.75 Å². The Morgan fingerprint density at radius 1 is 1.20 bits per heavy atom. The highest BCUT2D eigenvalue weighted by Gasteiger charge is 2.28. The highest BCUT2D eigenvalue weighted by molar-refractivity contribution is 5.34. The standard InChI is InChI=1S/C17H26FNO/c1-11(2)14-6-4-5-7-16(14)19-12(3)15-10-13(18)8-9-17(15)20/h8-12,14,16,19-20H,4-7H2,1-3H3. The Balaban J connectivity index is 2.09. The molecule has 0 spiro atoms. The third-order valence-electron chi connectivity index (χ3n) is 4.60. The molecule has 1 aliphatic rings. The van der Waals surface area contributed by atoms with Gasteiger partial charge in [0.2, 0.25) is 0 Å². The van der Waals surface area contributed by atoms with Gasteiger partial charge in [0.15, 0.2) is 0 Å². The van der Waals surface area contributed by atoms with Crippen molar-refractivity contribution in [2.75, 3.05) is 0 Å². The van der Waals surface area contributed by atoms with E-state index in [1.165, 1.54) is 43.9 Å². The van der Waals surface area contributed by atoms with Crippen LogP contribution < -0.4 is 5.32 Å². The summed E-state index contributed by atoms with van der Waals surface area (Å²) in [4.78, 5) is 0. The molecule has 0 aliphatic heterocycles. The molecule has 3 heteroatoms. The zero-order valence-electron chi connectivity index (χ0n) is 12.7. The van der Waals surface area contributed by atoms with Crippen LogP contribution in [-0.2, 0) is 0 Å². The number of aromatic hydroxyl groups is 1. The van der Waals surface area contributed by atoms with Crippen LogP contribution in [0, 0.1) is 17.7 Å². The maximum absolute atomic E-state index is 13.4. The molecule has 3 unspecified atom stereocenters. The minimum Gasteiger partial charge on any atom is -0.508 e. The SMILES string of the molecule is CC(NC1CCCCC1C(C)C)c1cc(F)ccc1O. The fourth-order valence-corrected chi connectivity index (χ4v) is 3.45. The van der Waals surface area contributed by atoms with E-state index in [0.717, 1.165) is 0 Å². The van der Waals surface area contributed by atoms with Crippen LogP contribution in [0.15, 0.2) is 18.2 Å². The van der Waals surface area contributed by atoms with Gasteiger partial charge in [-0.25, -0.2) is 4.39 Å². The van der Waals surface area contributed by atoms with E-state index in [1.54, 1.807) is 0 Å². The zero-order chi connectivity index (χ0) is 14.7. The minimum atomic E-state index is -0.296. The summed E-state index contributed by atoms with van der Waals surface area (Å²) in [5.41, 5.74) is 0.651. The highest BCUT2D eigenvalue weighted by Crippen LogP contribution is 2.33. The molecule has 0 amide bonds. The topological polar surface area (TPSA) is 32.3 Å². The van der Waals surface area contributed by atoms with Crippen LogP contribution in [0.3, 0.4) is 0 Å². The van der Waals surface area contributed by atoms with Gasteiger partial charge in [0.1, 0.15) is 11.6 Å². The molecule has 2 nitrogen and oxygen atoms in total. The molecular weight excluding hydrogens is 253 g/mol. The lowest BCUT2D eigenvalue weighted by atomic mass is 9.77. The van der Waals surface area contributed by atoms with Gasteiger partial charge in [-0.05, 0) is 49.8 Å². The fraction of sp³-hybridized carbons (Fsp3) is 0.647. The van der Waals surface area contributed by atoms with Gasteiger partial charge >= 0.3 is 0 Å². The second-order valence-corrected chi connectivity index (χ2v) is 6.39.